The number of aliphatic hydroxyl groups excluding tert-OH is 1. The molecule has 3 fully saturated rings. The maximum atomic E-state index is 12.8. The molecule has 4 aliphatic rings. The van der Waals surface area contributed by atoms with Gasteiger partial charge in [0.1, 0.15) is 12.4 Å². The Labute approximate surface area is 157 Å². The zero-order chi connectivity index (χ0) is 18.6. The monoisotopic (exact) mass is 362 g/mol. The van der Waals surface area contributed by atoms with Gasteiger partial charge in [-0.1, -0.05) is 6.92 Å². The van der Waals surface area contributed by atoms with Crippen LogP contribution in [0.4, 0.5) is 0 Å². The van der Waals surface area contributed by atoms with Crippen LogP contribution in [0.3, 0.4) is 0 Å². The lowest BCUT2D eigenvalue weighted by Gasteiger charge is -2.63. The zero-order valence-electron chi connectivity index (χ0n) is 16.5. The third-order valence-corrected chi connectivity index (χ3v) is 8.64. The molecular weight excluding hydrogens is 328 g/mol. The van der Waals surface area contributed by atoms with Crippen molar-refractivity contribution in [1.29, 1.82) is 0 Å². The van der Waals surface area contributed by atoms with Crippen LogP contribution in [0.2, 0.25) is 0 Å². The first kappa shape index (κ1) is 18.6. The number of hydrogen-bond donors (Lipinski definition) is 1. The molecular formula is C22H34O4. The van der Waals surface area contributed by atoms with Crippen molar-refractivity contribution in [1.82, 2.24) is 0 Å². The molecule has 4 nitrogen and oxygen atoms in total. The molecule has 0 aromatic rings. The van der Waals surface area contributed by atoms with Crippen molar-refractivity contribution in [2.24, 2.45) is 28.6 Å². The highest BCUT2D eigenvalue weighted by Gasteiger charge is 2.67. The van der Waals surface area contributed by atoms with E-state index in [-0.39, 0.29) is 24.1 Å². The molecule has 0 saturated heterocycles. The number of hydrogen-bond acceptors (Lipinski definition) is 4. The Hall–Kier alpha value is -0.710. The molecule has 0 spiro atoms. The minimum atomic E-state index is -0.522. The summed E-state index contributed by atoms with van der Waals surface area (Å²) in [6, 6.07) is 0. The van der Waals surface area contributed by atoms with Gasteiger partial charge >= 0.3 is 0 Å². The third-order valence-electron chi connectivity index (χ3n) is 8.64. The fourth-order valence-corrected chi connectivity index (χ4v) is 7.01. The van der Waals surface area contributed by atoms with Crippen LogP contribution in [0.5, 0.6) is 0 Å². The first-order chi connectivity index (χ1) is 12.4. The average molecular weight is 363 g/mol. The molecule has 0 aromatic heterocycles. The van der Waals surface area contributed by atoms with Crippen LogP contribution in [-0.4, -0.2) is 36.0 Å². The van der Waals surface area contributed by atoms with E-state index in [1.807, 2.05) is 6.92 Å². The molecule has 0 amide bonds. The predicted molar refractivity (Wildman–Crippen MR) is 99.5 cm³/mol. The number of carbonyl (C=O) groups excluding carboxylic acids is 1. The fourth-order valence-electron chi connectivity index (χ4n) is 7.01. The molecule has 26 heavy (non-hydrogen) atoms. The summed E-state index contributed by atoms with van der Waals surface area (Å²) in [5, 5.41) is 10.2. The van der Waals surface area contributed by atoms with Gasteiger partial charge in [0.15, 0.2) is 5.78 Å². The summed E-state index contributed by atoms with van der Waals surface area (Å²) >= 11 is 0. The largest absolute Gasteiger partial charge is 0.393 e. The first-order valence-electron chi connectivity index (χ1n) is 10.5. The van der Waals surface area contributed by atoms with Crippen molar-refractivity contribution in [2.75, 3.05) is 13.4 Å². The molecule has 7 atom stereocenters. The summed E-state index contributed by atoms with van der Waals surface area (Å²) < 4.78 is 12.0. The second kappa shape index (κ2) is 6.42. The van der Waals surface area contributed by atoms with Crippen molar-refractivity contribution in [3.63, 3.8) is 0 Å². The Kier molecular flexibility index (Phi) is 4.61. The second-order valence-electron chi connectivity index (χ2n) is 9.54. The van der Waals surface area contributed by atoms with Gasteiger partial charge in [-0.25, -0.2) is 0 Å². The Morgan fingerprint density at radius 3 is 2.73 bits per heavy atom. The number of ketones is 1. The van der Waals surface area contributed by atoms with Crippen molar-refractivity contribution < 1.29 is 19.4 Å². The minimum Gasteiger partial charge on any atom is -0.393 e. The lowest BCUT2D eigenvalue weighted by molar-refractivity contribution is -0.235. The lowest BCUT2D eigenvalue weighted by Crippen LogP contribution is -2.63. The molecule has 4 heteroatoms. The molecule has 3 saturated carbocycles. The summed E-state index contributed by atoms with van der Waals surface area (Å²) in [7, 11) is 0. The van der Waals surface area contributed by atoms with E-state index in [9.17, 15) is 9.90 Å². The van der Waals surface area contributed by atoms with Gasteiger partial charge in [0.25, 0.3) is 0 Å². The summed E-state index contributed by atoms with van der Waals surface area (Å²) in [5.74, 6) is 1.74. The SMILES string of the molecule is CCOCO[C@]12C=CC(=O)[C@@]1(C)CC[C@H]1[C@H]2CC[C@H]2C[C@@H](O)CC[C@@]21C. The van der Waals surface area contributed by atoms with Gasteiger partial charge < -0.3 is 14.6 Å². The Balaban J connectivity index is 1.69. The number of carbonyl (C=O) groups is 1. The van der Waals surface area contributed by atoms with E-state index in [0.717, 1.165) is 44.9 Å². The van der Waals surface area contributed by atoms with E-state index in [4.69, 9.17) is 9.47 Å². The highest BCUT2D eigenvalue weighted by molar-refractivity contribution is 5.99. The van der Waals surface area contributed by atoms with Crippen molar-refractivity contribution in [2.45, 2.75) is 77.4 Å². The Morgan fingerprint density at radius 1 is 1.15 bits per heavy atom. The summed E-state index contributed by atoms with van der Waals surface area (Å²) in [6.45, 7) is 7.40. The van der Waals surface area contributed by atoms with Gasteiger partial charge in [-0.15, -0.1) is 0 Å². The van der Waals surface area contributed by atoms with Crippen LogP contribution in [0, 0.1) is 28.6 Å². The Bertz CT molecular complexity index is 601. The van der Waals surface area contributed by atoms with Crippen LogP contribution in [-0.2, 0) is 14.3 Å². The van der Waals surface area contributed by atoms with E-state index in [2.05, 4.69) is 19.9 Å². The van der Waals surface area contributed by atoms with Crippen molar-refractivity contribution in [3.8, 4) is 0 Å². The van der Waals surface area contributed by atoms with Gasteiger partial charge in [-0.3, -0.25) is 4.79 Å². The van der Waals surface area contributed by atoms with Crippen LogP contribution >= 0.6 is 0 Å². The number of allylic oxidation sites excluding steroid dienone is 1. The molecule has 1 N–H and O–H groups in total. The van der Waals surface area contributed by atoms with E-state index in [1.54, 1.807) is 6.08 Å². The third kappa shape index (κ3) is 2.41. The lowest BCUT2D eigenvalue weighted by atomic mass is 9.44. The quantitative estimate of drug-likeness (QED) is 0.609. The highest BCUT2D eigenvalue weighted by atomic mass is 16.7. The van der Waals surface area contributed by atoms with Gasteiger partial charge in [-0.05, 0) is 94.1 Å². The second-order valence-corrected chi connectivity index (χ2v) is 9.54. The van der Waals surface area contributed by atoms with Crippen LogP contribution < -0.4 is 0 Å². The molecule has 0 aliphatic heterocycles. The van der Waals surface area contributed by atoms with Crippen LogP contribution in [0.15, 0.2) is 12.2 Å². The molecule has 4 aliphatic carbocycles. The smallest absolute Gasteiger partial charge is 0.164 e. The summed E-state index contributed by atoms with van der Waals surface area (Å²) in [6.07, 6.45) is 10.9. The predicted octanol–water partition coefficient (Wildman–Crippen LogP) is 3.87. The summed E-state index contributed by atoms with van der Waals surface area (Å²) in [5.41, 5.74) is -0.722. The number of rotatable bonds is 4. The van der Waals surface area contributed by atoms with Gasteiger partial charge in [0, 0.05) is 6.61 Å². The maximum Gasteiger partial charge on any atom is 0.164 e. The molecule has 4 rings (SSSR count). The van der Waals surface area contributed by atoms with Crippen LogP contribution in [0.1, 0.15) is 65.7 Å². The topological polar surface area (TPSA) is 55.8 Å². The molecule has 0 bridgehead atoms. The minimum absolute atomic E-state index is 0.130. The Morgan fingerprint density at radius 2 is 1.96 bits per heavy atom. The number of ether oxygens (including phenoxy) is 2. The average Bonchev–Trinajstić information content (AvgIpc) is 2.88. The fraction of sp³-hybridized carbons (Fsp3) is 0.864. The van der Waals surface area contributed by atoms with Crippen molar-refractivity contribution >= 4 is 5.78 Å². The van der Waals surface area contributed by atoms with E-state index < -0.39 is 11.0 Å². The standard InChI is InChI=1S/C22H34O4/c1-4-25-14-26-22-12-9-19(24)21(22,3)11-8-17-18(22)6-5-15-13-16(23)7-10-20(15,17)2/h9,12,15-18,23H,4-8,10-11,13-14H2,1-3H3/t15-,16-,17-,18+,20-,21+,22-/m0/s1. The summed E-state index contributed by atoms with van der Waals surface area (Å²) in [4.78, 5) is 12.8. The first-order valence-corrected chi connectivity index (χ1v) is 10.5. The maximum absolute atomic E-state index is 12.8. The molecule has 0 aromatic carbocycles. The molecule has 0 unspecified atom stereocenters. The number of aliphatic hydroxyl groups is 1. The molecule has 146 valence electrons. The molecule has 0 heterocycles. The normalized spacial score (nSPS) is 50.2. The highest BCUT2D eigenvalue weighted by Crippen LogP contribution is 2.66. The van der Waals surface area contributed by atoms with Gasteiger partial charge in [0.05, 0.1) is 11.5 Å². The van der Waals surface area contributed by atoms with E-state index in [0.29, 0.717) is 24.4 Å². The van der Waals surface area contributed by atoms with E-state index in [1.165, 1.54) is 0 Å². The van der Waals surface area contributed by atoms with Crippen LogP contribution in [0.25, 0.3) is 0 Å². The zero-order valence-corrected chi connectivity index (χ0v) is 16.5. The number of fused-ring (bicyclic) bond motifs is 5. The van der Waals surface area contributed by atoms with Crippen molar-refractivity contribution in [3.05, 3.63) is 12.2 Å². The van der Waals surface area contributed by atoms with E-state index >= 15 is 0 Å². The molecule has 0 radical (unpaired) electrons. The van der Waals surface area contributed by atoms with Gasteiger partial charge in [0.2, 0.25) is 0 Å². The van der Waals surface area contributed by atoms with Gasteiger partial charge in [-0.2, -0.15) is 0 Å².